The number of carbonyl (C=O) groups excluding carboxylic acids is 2. The SMILES string of the molecule is CCc1cc(C(=O)N[C@@H](CCSC)C(N)=O)sc1-c1ccccc1. The van der Waals surface area contributed by atoms with Gasteiger partial charge in [-0.1, -0.05) is 37.3 Å². The Labute approximate surface area is 150 Å². The van der Waals surface area contributed by atoms with Crippen LogP contribution in [-0.2, 0) is 11.2 Å². The summed E-state index contributed by atoms with van der Waals surface area (Å²) < 4.78 is 0. The highest BCUT2D eigenvalue weighted by Crippen LogP contribution is 2.33. The van der Waals surface area contributed by atoms with Crippen molar-refractivity contribution in [3.63, 3.8) is 0 Å². The second kappa shape index (κ2) is 8.89. The highest BCUT2D eigenvalue weighted by molar-refractivity contribution is 7.98. The molecule has 0 bridgehead atoms. The summed E-state index contributed by atoms with van der Waals surface area (Å²) >= 11 is 3.07. The predicted octanol–water partition coefficient (Wildman–Crippen LogP) is 3.31. The van der Waals surface area contributed by atoms with Crippen LogP contribution in [0.2, 0.25) is 0 Å². The molecule has 6 heteroatoms. The van der Waals surface area contributed by atoms with E-state index in [0.717, 1.165) is 28.2 Å². The monoisotopic (exact) mass is 362 g/mol. The smallest absolute Gasteiger partial charge is 0.262 e. The molecule has 0 saturated carbocycles. The third kappa shape index (κ3) is 4.61. The molecular weight excluding hydrogens is 340 g/mol. The van der Waals surface area contributed by atoms with Gasteiger partial charge in [-0.3, -0.25) is 9.59 Å². The van der Waals surface area contributed by atoms with E-state index in [4.69, 9.17) is 5.73 Å². The average Bonchev–Trinajstić information content (AvgIpc) is 3.03. The molecule has 0 aliphatic heterocycles. The summed E-state index contributed by atoms with van der Waals surface area (Å²) in [6.45, 7) is 2.07. The fourth-order valence-electron chi connectivity index (χ4n) is 2.39. The van der Waals surface area contributed by atoms with E-state index < -0.39 is 11.9 Å². The van der Waals surface area contributed by atoms with Gasteiger partial charge in [0.05, 0.1) is 4.88 Å². The fraction of sp³-hybridized carbons (Fsp3) is 0.333. The number of primary amides is 1. The summed E-state index contributed by atoms with van der Waals surface area (Å²) in [5.74, 6) is 0.0445. The first-order valence-electron chi connectivity index (χ1n) is 7.84. The molecule has 2 rings (SSSR count). The van der Waals surface area contributed by atoms with Crippen LogP contribution in [0, 0.1) is 0 Å². The van der Waals surface area contributed by atoms with Gasteiger partial charge in [0, 0.05) is 4.88 Å². The van der Waals surface area contributed by atoms with Gasteiger partial charge in [0.15, 0.2) is 0 Å². The lowest BCUT2D eigenvalue weighted by Gasteiger charge is -2.14. The lowest BCUT2D eigenvalue weighted by atomic mass is 10.1. The van der Waals surface area contributed by atoms with Gasteiger partial charge in [0.25, 0.3) is 5.91 Å². The average molecular weight is 363 g/mol. The normalized spacial score (nSPS) is 11.9. The van der Waals surface area contributed by atoms with Crippen molar-refractivity contribution in [2.45, 2.75) is 25.8 Å². The molecule has 2 amide bonds. The first-order chi connectivity index (χ1) is 11.6. The maximum absolute atomic E-state index is 12.5. The van der Waals surface area contributed by atoms with Gasteiger partial charge >= 0.3 is 0 Å². The molecule has 1 aromatic carbocycles. The summed E-state index contributed by atoms with van der Waals surface area (Å²) in [6, 6.07) is 11.3. The maximum atomic E-state index is 12.5. The summed E-state index contributed by atoms with van der Waals surface area (Å²) in [4.78, 5) is 25.8. The van der Waals surface area contributed by atoms with Gasteiger partial charge in [0.2, 0.25) is 5.91 Å². The summed E-state index contributed by atoms with van der Waals surface area (Å²) in [7, 11) is 0. The molecule has 0 radical (unpaired) electrons. The Hall–Kier alpha value is -1.79. The number of carbonyl (C=O) groups is 2. The highest BCUT2D eigenvalue weighted by Gasteiger charge is 2.21. The van der Waals surface area contributed by atoms with Crippen molar-refractivity contribution in [3.05, 3.63) is 46.8 Å². The molecule has 0 aliphatic rings. The summed E-state index contributed by atoms with van der Waals surface area (Å²) in [5, 5.41) is 2.77. The van der Waals surface area contributed by atoms with Crippen molar-refractivity contribution in [2.75, 3.05) is 12.0 Å². The van der Waals surface area contributed by atoms with Gasteiger partial charge in [-0.25, -0.2) is 0 Å². The molecule has 3 N–H and O–H groups in total. The van der Waals surface area contributed by atoms with Gasteiger partial charge in [-0.2, -0.15) is 11.8 Å². The molecule has 24 heavy (non-hydrogen) atoms. The first-order valence-corrected chi connectivity index (χ1v) is 10.0. The second-order valence-corrected chi connectivity index (χ2v) is 7.43. The Morgan fingerprint density at radius 3 is 2.58 bits per heavy atom. The minimum absolute atomic E-state index is 0.234. The van der Waals surface area contributed by atoms with Crippen LogP contribution in [0.4, 0.5) is 0 Å². The number of aryl methyl sites for hydroxylation is 1. The van der Waals surface area contributed by atoms with Crippen molar-refractivity contribution in [1.82, 2.24) is 5.32 Å². The minimum Gasteiger partial charge on any atom is -0.368 e. The van der Waals surface area contributed by atoms with E-state index in [1.807, 2.05) is 42.7 Å². The van der Waals surface area contributed by atoms with Crippen molar-refractivity contribution in [2.24, 2.45) is 5.73 Å². The van der Waals surface area contributed by atoms with Crippen LogP contribution < -0.4 is 11.1 Å². The molecule has 4 nitrogen and oxygen atoms in total. The van der Waals surface area contributed by atoms with Crippen molar-refractivity contribution in [3.8, 4) is 10.4 Å². The highest BCUT2D eigenvalue weighted by atomic mass is 32.2. The number of thioether (sulfide) groups is 1. The largest absolute Gasteiger partial charge is 0.368 e. The Balaban J connectivity index is 2.21. The predicted molar refractivity (Wildman–Crippen MR) is 103 cm³/mol. The number of rotatable bonds is 8. The Morgan fingerprint density at radius 2 is 2.00 bits per heavy atom. The van der Waals surface area contributed by atoms with E-state index in [9.17, 15) is 9.59 Å². The zero-order valence-electron chi connectivity index (χ0n) is 13.9. The fourth-order valence-corrected chi connectivity index (χ4v) is 4.02. The van der Waals surface area contributed by atoms with Crippen molar-refractivity contribution >= 4 is 34.9 Å². The first kappa shape index (κ1) is 18.5. The van der Waals surface area contributed by atoms with E-state index >= 15 is 0 Å². The molecule has 0 unspecified atom stereocenters. The minimum atomic E-state index is -0.627. The van der Waals surface area contributed by atoms with Crippen LogP contribution in [0.5, 0.6) is 0 Å². The van der Waals surface area contributed by atoms with E-state index in [2.05, 4.69) is 12.2 Å². The Kier molecular flexibility index (Phi) is 6.87. The van der Waals surface area contributed by atoms with Gasteiger partial charge in [0.1, 0.15) is 6.04 Å². The molecule has 1 atom stereocenters. The van der Waals surface area contributed by atoms with Gasteiger partial charge in [-0.05, 0) is 42.0 Å². The van der Waals surface area contributed by atoms with E-state index in [0.29, 0.717) is 11.3 Å². The zero-order chi connectivity index (χ0) is 17.5. The van der Waals surface area contributed by atoms with Crippen LogP contribution in [0.25, 0.3) is 10.4 Å². The number of thiophene rings is 1. The molecule has 0 spiro atoms. The topological polar surface area (TPSA) is 72.2 Å². The second-order valence-electron chi connectivity index (χ2n) is 5.39. The molecule has 128 valence electrons. The van der Waals surface area contributed by atoms with E-state index in [1.54, 1.807) is 11.8 Å². The summed E-state index contributed by atoms with van der Waals surface area (Å²) in [5.41, 5.74) is 7.64. The molecule has 1 heterocycles. The maximum Gasteiger partial charge on any atom is 0.262 e. The number of amides is 2. The Morgan fingerprint density at radius 1 is 1.29 bits per heavy atom. The third-order valence-corrected chi connectivity index (χ3v) is 5.58. The molecule has 1 aromatic heterocycles. The van der Waals surface area contributed by atoms with Gasteiger partial charge in [-0.15, -0.1) is 11.3 Å². The molecule has 0 fully saturated rings. The number of benzene rings is 1. The lowest BCUT2D eigenvalue weighted by molar-refractivity contribution is -0.119. The zero-order valence-corrected chi connectivity index (χ0v) is 15.5. The lowest BCUT2D eigenvalue weighted by Crippen LogP contribution is -2.44. The third-order valence-electron chi connectivity index (χ3n) is 3.71. The van der Waals surface area contributed by atoms with E-state index in [1.165, 1.54) is 11.3 Å². The van der Waals surface area contributed by atoms with Crippen LogP contribution in [0.1, 0.15) is 28.6 Å². The molecular formula is C18H22N2O2S2. The molecule has 0 saturated heterocycles. The number of nitrogens with two attached hydrogens (primary N) is 1. The standard InChI is InChI=1S/C18H22N2O2S2/c1-3-12-11-15(24-16(12)13-7-5-4-6-8-13)18(22)20-14(17(19)21)9-10-23-2/h4-8,11,14H,3,9-10H2,1-2H3,(H2,19,21)(H,20,22)/t14-/m0/s1. The number of hydrogen-bond donors (Lipinski definition) is 2. The number of nitrogens with one attached hydrogen (secondary N) is 1. The molecule has 0 aliphatic carbocycles. The number of hydrogen-bond acceptors (Lipinski definition) is 4. The van der Waals surface area contributed by atoms with Crippen LogP contribution in [-0.4, -0.2) is 29.9 Å². The van der Waals surface area contributed by atoms with Crippen LogP contribution in [0.15, 0.2) is 36.4 Å². The van der Waals surface area contributed by atoms with Crippen LogP contribution >= 0.6 is 23.1 Å². The van der Waals surface area contributed by atoms with Gasteiger partial charge < -0.3 is 11.1 Å². The van der Waals surface area contributed by atoms with E-state index in [-0.39, 0.29) is 5.91 Å². The molecule has 2 aromatic rings. The summed E-state index contributed by atoms with van der Waals surface area (Å²) in [6.07, 6.45) is 3.35. The van der Waals surface area contributed by atoms with Crippen molar-refractivity contribution < 1.29 is 9.59 Å². The quantitative estimate of drug-likeness (QED) is 0.757. The Bertz CT molecular complexity index is 698. The van der Waals surface area contributed by atoms with Crippen LogP contribution in [0.3, 0.4) is 0 Å². The van der Waals surface area contributed by atoms with Crippen molar-refractivity contribution in [1.29, 1.82) is 0 Å².